The third-order valence-corrected chi connectivity index (χ3v) is 4.52. The van der Waals surface area contributed by atoms with Gasteiger partial charge in [-0.1, -0.05) is 6.08 Å². The first-order chi connectivity index (χ1) is 6.28. The Balaban J connectivity index is 1.98. The summed E-state index contributed by atoms with van der Waals surface area (Å²) in [6.07, 6.45) is 11.8. The van der Waals surface area contributed by atoms with Crippen LogP contribution in [0.3, 0.4) is 0 Å². The first-order valence-electron chi connectivity index (χ1n) is 5.51. The summed E-state index contributed by atoms with van der Waals surface area (Å²) in [5.41, 5.74) is 0.461. The molecule has 0 N–H and O–H groups in total. The molecule has 0 heterocycles. The lowest BCUT2D eigenvalue weighted by molar-refractivity contribution is -0.119. The summed E-state index contributed by atoms with van der Waals surface area (Å²) in [7, 11) is 0. The Hall–Kier alpha value is -0.590. The molecule has 4 rings (SSSR count). The van der Waals surface area contributed by atoms with Gasteiger partial charge < -0.3 is 0 Å². The molecule has 4 aliphatic carbocycles. The van der Waals surface area contributed by atoms with Gasteiger partial charge in [-0.25, -0.2) is 0 Å². The second kappa shape index (κ2) is 2.46. The van der Waals surface area contributed by atoms with Crippen LogP contribution in [-0.2, 0) is 4.79 Å². The van der Waals surface area contributed by atoms with Crippen LogP contribution in [0, 0.1) is 17.3 Å². The lowest BCUT2D eigenvalue weighted by atomic mass is 9.52. The molecule has 13 heavy (non-hydrogen) atoms. The van der Waals surface area contributed by atoms with Gasteiger partial charge >= 0.3 is 0 Å². The SMILES string of the molecule is O=C1C=CC23CCC(CC2)C[C@H]3C1. The minimum Gasteiger partial charge on any atom is -0.295 e. The summed E-state index contributed by atoms with van der Waals surface area (Å²) in [6, 6.07) is 0. The fourth-order valence-electron chi connectivity index (χ4n) is 3.66. The molecule has 0 aliphatic heterocycles. The van der Waals surface area contributed by atoms with Crippen molar-refractivity contribution >= 4 is 5.78 Å². The molecule has 1 nitrogen and oxygen atoms in total. The van der Waals surface area contributed by atoms with Gasteiger partial charge in [-0.05, 0) is 55.4 Å². The lowest BCUT2D eigenvalue weighted by Crippen LogP contribution is -2.43. The molecular weight excluding hydrogens is 160 g/mol. The molecule has 1 atom stereocenters. The lowest BCUT2D eigenvalue weighted by Gasteiger charge is -2.52. The molecule has 3 fully saturated rings. The predicted octanol–water partition coefficient (Wildman–Crippen LogP) is 2.71. The van der Waals surface area contributed by atoms with E-state index >= 15 is 0 Å². The van der Waals surface area contributed by atoms with Crippen molar-refractivity contribution in [2.24, 2.45) is 17.3 Å². The topological polar surface area (TPSA) is 17.1 Å². The van der Waals surface area contributed by atoms with Crippen molar-refractivity contribution in [3.8, 4) is 0 Å². The van der Waals surface area contributed by atoms with Gasteiger partial charge in [0, 0.05) is 6.42 Å². The maximum atomic E-state index is 11.3. The highest BCUT2D eigenvalue weighted by Crippen LogP contribution is 2.57. The zero-order chi connectivity index (χ0) is 8.89. The average Bonchev–Trinajstić information content (AvgIpc) is 2.18. The molecule has 0 unspecified atom stereocenters. The van der Waals surface area contributed by atoms with Gasteiger partial charge in [0.25, 0.3) is 0 Å². The van der Waals surface area contributed by atoms with Crippen molar-refractivity contribution < 1.29 is 4.79 Å². The van der Waals surface area contributed by atoms with E-state index in [-0.39, 0.29) is 0 Å². The van der Waals surface area contributed by atoms with Crippen molar-refractivity contribution in [3.05, 3.63) is 12.2 Å². The van der Waals surface area contributed by atoms with E-state index in [4.69, 9.17) is 0 Å². The minimum atomic E-state index is 0.364. The molecule has 70 valence electrons. The maximum absolute atomic E-state index is 11.3. The Labute approximate surface area is 79.2 Å². The van der Waals surface area contributed by atoms with E-state index in [1.807, 2.05) is 6.08 Å². The summed E-state index contributed by atoms with van der Waals surface area (Å²) in [4.78, 5) is 11.3. The molecule has 0 aromatic rings. The number of carbonyl (C=O) groups excluding carboxylic acids is 1. The number of carbonyl (C=O) groups is 1. The van der Waals surface area contributed by atoms with Crippen LogP contribution in [-0.4, -0.2) is 5.78 Å². The first kappa shape index (κ1) is 7.78. The Kier molecular flexibility index (Phi) is 1.47. The number of ketones is 1. The fraction of sp³-hybridized carbons (Fsp3) is 0.750. The van der Waals surface area contributed by atoms with E-state index in [0.29, 0.717) is 17.1 Å². The highest BCUT2D eigenvalue weighted by Gasteiger charge is 2.47. The van der Waals surface area contributed by atoms with Crippen molar-refractivity contribution in [2.75, 3.05) is 0 Å². The van der Waals surface area contributed by atoms with E-state index in [0.717, 1.165) is 12.3 Å². The molecule has 0 amide bonds. The molecule has 0 saturated heterocycles. The molecule has 4 aliphatic rings. The average molecular weight is 176 g/mol. The molecule has 1 spiro atoms. The molecule has 0 aromatic carbocycles. The van der Waals surface area contributed by atoms with Crippen LogP contribution in [0.25, 0.3) is 0 Å². The zero-order valence-electron chi connectivity index (χ0n) is 7.96. The van der Waals surface area contributed by atoms with E-state index in [1.54, 1.807) is 0 Å². The molecule has 3 saturated carbocycles. The fourth-order valence-corrected chi connectivity index (χ4v) is 3.66. The normalized spacial score (nSPS) is 47.8. The van der Waals surface area contributed by atoms with E-state index < -0.39 is 0 Å². The number of fused-ring (bicyclic) bond motifs is 2. The molecule has 0 radical (unpaired) electrons. The first-order valence-corrected chi connectivity index (χ1v) is 5.51. The summed E-state index contributed by atoms with van der Waals surface area (Å²) in [5, 5.41) is 0. The number of allylic oxidation sites excluding steroid dienone is 2. The van der Waals surface area contributed by atoms with Crippen LogP contribution in [0.2, 0.25) is 0 Å². The van der Waals surface area contributed by atoms with Crippen LogP contribution >= 0.6 is 0 Å². The summed E-state index contributed by atoms with van der Waals surface area (Å²) >= 11 is 0. The largest absolute Gasteiger partial charge is 0.295 e. The number of hydrogen-bond acceptors (Lipinski definition) is 1. The van der Waals surface area contributed by atoms with Crippen LogP contribution in [0.15, 0.2) is 12.2 Å². The van der Waals surface area contributed by atoms with Crippen molar-refractivity contribution in [3.63, 3.8) is 0 Å². The van der Waals surface area contributed by atoms with Crippen LogP contribution in [0.4, 0.5) is 0 Å². The summed E-state index contributed by atoms with van der Waals surface area (Å²) in [5.74, 6) is 2.02. The molecular formula is C12H16O. The van der Waals surface area contributed by atoms with Gasteiger partial charge in [-0.15, -0.1) is 0 Å². The summed E-state index contributed by atoms with van der Waals surface area (Å²) in [6.45, 7) is 0. The van der Waals surface area contributed by atoms with Gasteiger partial charge in [0.15, 0.2) is 5.78 Å². The molecule has 2 bridgehead atoms. The number of rotatable bonds is 0. The second-order valence-corrected chi connectivity index (χ2v) is 5.11. The van der Waals surface area contributed by atoms with E-state index in [1.165, 1.54) is 32.1 Å². The minimum absolute atomic E-state index is 0.364. The predicted molar refractivity (Wildman–Crippen MR) is 51.3 cm³/mol. The van der Waals surface area contributed by atoms with Gasteiger partial charge in [0.2, 0.25) is 0 Å². The van der Waals surface area contributed by atoms with Gasteiger partial charge in [-0.2, -0.15) is 0 Å². The van der Waals surface area contributed by atoms with Crippen LogP contribution in [0.1, 0.15) is 38.5 Å². The van der Waals surface area contributed by atoms with E-state index in [2.05, 4.69) is 6.08 Å². The smallest absolute Gasteiger partial charge is 0.155 e. The van der Waals surface area contributed by atoms with Crippen LogP contribution in [0.5, 0.6) is 0 Å². The van der Waals surface area contributed by atoms with Gasteiger partial charge in [0.05, 0.1) is 0 Å². The second-order valence-electron chi connectivity index (χ2n) is 5.11. The quantitative estimate of drug-likeness (QED) is 0.554. The standard InChI is InChI=1S/C12H16O/c13-11-3-6-12-4-1-9(2-5-12)7-10(12)8-11/h3,6,9-10H,1-2,4-5,7-8H2/t9?,10-,12?/m0/s1. The number of hydrogen-bond donors (Lipinski definition) is 0. The third kappa shape index (κ3) is 1.02. The Morgan fingerprint density at radius 1 is 1.31 bits per heavy atom. The zero-order valence-corrected chi connectivity index (χ0v) is 7.96. The van der Waals surface area contributed by atoms with Crippen LogP contribution < -0.4 is 0 Å². The molecule has 0 aromatic heterocycles. The van der Waals surface area contributed by atoms with Crippen molar-refractivity contribution in [1.29, 1.82) is 0 Å². The Bertz CT molecular complexity index is 269. The maximum Gasteiger partial charge on any atom is 0.155 e. The monoisotopic (exact) mass is 176 g/mol. The Morgan fingerprint density at radius 3 is 2.85 bits per heavy atom. The van der Waals surface area contributed by atoms with Crippen molar-refractivity contribution in [1.82, 2.24) is 0 Å². The highest BCUT2D eigenvalue weighted by molar-refractivity contribution is 5.91. The van der Waals surface area contributed by atoms with Gasteiger partial charge in [-0.3, -0.25) is 4.79 Å². The third-order valence-electron chi connectivity index (χ3n) is 4.52. The molecule has 1 heteroatoms. The Morgan fingerprint density at radius 2 is 2.08 bits per heavy atom. The van der Waals surface area contributed by atoms with E-state index in [9.17, 15) is 4.79 Å². The van der Waals surface area contributed by atoms with Crippen molar-refractivity contribution in [2.45, 2.75) is 38.5 Å². The van der Waals surface area contributed by atoms with Gasteiger partial charge in [0.1, 0.15) is 0 Å². The summed E-state index contributed by atoms with van der Waals surface area (Å²) < 4.78 is 0. The highest BCUT2D eigenvalue weighted by atomic mass is 16.1.